The van der Waals surface area contributed by atoms with E-state index in [1.54, 1.807) is 0 Å². The Labute approximate surface area is 104 Å². The molecule has 5 nitrogen and oxygen atoms in total. The summed E-state index contributed by atoms with van der Waals surface area (Å²) < 4.78 is 5.52. The van der Waals surface area contributed by atoms with Crippen molar-refractivity contribution in [1.82, 2.24) is 5.32 Å². The first kappa shape index (κ1) is 11.1. The minimum atomic E-state index is -1.05. The highest BCUT2D eigenvalue weighted by molar-refractivity contribution is 5.91. The van der Waals surface area contributed by atoms with Gasteiger partial charge in [0.25, 0.3) is 5.91 Å². The van der Waals surface area contributed by atoms with Crippen molar-refractivity contribution in [1.29, 1.82) is 0 Å². The molecule has 1 fully saturated rings. The number of aliphatic carboxylic acids is 1. The number of hydrogen-bond donors (Lipinski definition) is 2. The molecule has 1 heterocycles. The maximum absolute atomic E-state index is 12.0. The van der Waals surface area contributed by atoms with Crippen molar-refractivity contribution in [2.45, 2.75) is 30.9 Å². The fourth-order valence-electron chi connectivity index (χ4n) is 2.16. The summed E-state index contributed by atoms with van der Waals surface area (Å²) in [6, 6.07) is 7.46. The quantitative estimate of drug-likeness (QED) is 0.825. The topological polar surface area (TPSA) is 75.6 Å². The molecule has 2 N–H and O–H groups in total. The lowest BCUT2D eigenvalue weighted by molar-refractivity contribution is -0.144. The van der Waals surface area contributed by atoms with Crippen molar-refractivity contribution in [3.8, 4) is 5.75 Å². The third-order valence-electron chi connectivity index (χ3n) is 3.46. The van der Waals surface area contributed by atoms with Crippen molar-refractivity contribution >= 4 is 11.9 Å². The molecule has 0 spiro atoms. The molecule has 0 aromatic heterocycles. The van der Waals surface area contributed by atoms with Gasteiger partial charge in [-0.25, -0.2) is 4.79 Å². The van der Waals surface area contributed by atoms with E-state index < -0.39 is 17.6 Å². The van der Waals surface area contributed by atoms with Gasteiger partial charge in [-0.1, -0.05) is 18.2 Å². The van der Waals surface area contributed by atoms with Gasteiger partial charge in [-0.3, -0.25) is 4.79 Å². The molecule has 1 aliphatic carbocycles. The fraction of sp³-hybridized carbons (Fsp3) is 0.385. The van der Waals surface area contributed by atoms with E-state index in [2.05, 4.69) is 5.32 Å². The van der Waals surface area contributed by atoms with Gasteiger partial charge >= 0.3 is 5.97 Å². The zero-order chi connectivity index (χ0) is 12.8. The molecule has 1 aliphatic heterocycles. The summed E-state index contributed by atoms with van der Waals surface area (Å²) in [4.78, 5) is 23.0. The second kappa shape index (κ2) is 3.73. The summed E-state index contributed by atoms with van der Waals surface area (Å²) >= 11 is 0. The van der Waals surface area contributed by atoms with Crippen LogP contribution in [-0.2, 0) is 16.0 Å². The number of carboxylic acids is 1. The number of rotatable bonds is 3. The molecule has 2 aliphatic rings. The predicted octanol–water partition coefficient (Wildman–Crippen LogP) is 0.723. The molecule has 18 heavy (non-hydrogen) atoms. The maximum Gasteiger partial charge on any atom is 0.329 e. The number of fused-ring (bicyclic) bond motifs is 1. The number of benzene rings is 1. The molecule has 0 bridgehead atoms. The van der Waals surface area contributed by atoms with Gasteiger partial charge in [0.2, 0.25) is 0 Å². The minimum Gasteiger partial charge on any atom is -0.480 e. The van der Waals surface area contributed by atoms with Crippen LogP contribution in [0.2, 0.25) is 0 Å². The molecular formula is C13H13NO4. The number of carboxylic acid groups (broad SMARTS) is 1. The van der Waals surface area contributed by atoms with E-state index >= 15 is 0 Å². The van der Waals surface area contributed by atoms with Crippen molar-refractivity contribution < 1.29 is 19.4 Å². The molecule has 5 heteroatoms. The third kappa shape index (κ3) is 1.72. The zero-order valence-corrected chi connectivity index (χ0v) is 9.68. The molecule has 0 radical (unpaired) electrons. The van der Waals surface area contributed by atoms with Crippen LogP contribution < -0.4 is 10.1 Å². The van der Waals surface area contributed by atoms with Crippen LogP contribution in [0, 0.1) is 0 Å². The average molecular weight is 247 g/mol. The summed E-state index contributed by atoms with van der Waals surface area (Å²) in [6.45, 7) is 0. The van der Waals surface area contributed by atoms with Gasteiger partial charge in [0.05, 0.1) is 0 Å². The number of hydrogen-bond acceptors (Lipinski definition) is 3. The van der Waals surface area contributed by atoms with Crippen molar-refractivity contribution in [3.63, 3.8) is 0 Å². The lowest BCUT2D eigenvalue weighted by Crippen LogP contribution is -2.48. The average Bonchev–Trinajstić information content (AvgIpc) is 3.00. The highest BCUT2D eigenvalue weighted by Gasteiger charge is 2.52. The van der Waals surface area contributed by atoms with Gasteiger partial charge in [0.1, 0.15) is 11.3 Å². The summed E-state index contributed by atoms with van der Waals surface area (Å²) in [5, 5.41) is 11.6. The molecule has 0 saturated heterocycles. The zero-order valence-electron chi connectivity index (χ0n) is 9.68. The minimum absolute atomic E-state index is 0.342. The molecule has 1 amide bonds. The Bertz CT molecular complexity index is 496. The first-order chi connectivity index (χ1) is 8.61. The fourth-order valence-corrected chi connectivity index (χ4v) is 2.16. The number of ether oxygens (including phenoxy) is 1. The number of para-hydroxylation sites is 1. The molecule has 1 atom stereocenters. The highest BCUT2D eigenvalue weighted by atomic mass is 16.5. The SMILES string of the molecule is O=C(NC1(C(=O)O)CC1)C1Cc2ccccc2O1. The van der Waals surface area contributed by atoms with Gasteiger partial charge in [-0.15, -0.1) is 0 Å². The van der Waals surface area contributed by atoms with Crippen molar-refractivity contribution in [2.75, 3.05) is 0 Å². The number of carbonyl (C=O) groups is 2. The van der Waals surface area contributed by atoms with Gasteiger partial charge in [0, 0.05) is 6.42 Å². The van der Waals surface area contributed by atoms with Crippen LogP contribution in [0.4, 0.5) is 0 Å². The van der Waals surface area contributed by atoms with Gasteiger partial charge in [-0.05, 0) is 24.5 Å². The van der Waals surface area contributed by atoms with E-state index in [1.807, 2.05) is 24.3 Å². The molecule has 1 aromatic carbocycles. The molecule has 1 unspecified atom stereocenters. The van der Waals surface area contributed by atoms with E-state index in [1.165, 1.54) is 0 Å². The normalized spacial score (nSPS) is 22.8. The molecule has 1 aromatic rings. The van der Waals surface area contributed by atoms with E-state index in [0.29, 0.717) is 25.0 Å². The van der Waals surface area contributed by atoms with Crippen LogP contribution in [0.15, 0.2) is 24.3 Å². The van der Waals surface area contributed by atoms with Crippen LogP contribution in [0.3, 0.4) is 0 Å². The molecule has 3 rings (SSSR count). The lowest BCUT2D eigenvalue weighted by atomic mass is 10.1. The number of carbonyl (C=O) groups excluding carboxylic acids is 1. The van der Waals surface area contributed by atoms with E-state index in [0.717, 1.165) is 5.56 Å². The highest BCUT2D eigenvalue weighted by Crippen LogP contribution is 2.36. The van der Waals surface area contributed by atoms with Crippen LogP contribution in [0.1, 0.15) is 18.4 Å². The van der Waals surface area contributed by atoms with Gasteiger partial charge in [-0.2, -0.15) is 0 Å². The Kier molecular flexibility index (Phi) is 2.29. The lowest BCUT2D eigenvalue weighted by Gasteiger charge is -2.16. The number of amides is 1. The molecular weight excluding hydrogens is 234 g/mol. The second-order valence-corrected chi connectivity index (χ2v) is 4.79. The molecule has 1 saturated carbocycles. The smallest absolute Gasteiger partial charge is 0.329 e. The summed E-state index contributed by atoms with van der Waals surface area (Å²) in [5.74, 6) is -0.602. The van der Waals surface area contributed by atoms with Crippen LogP contribution in [0.5, 0.6) is 5.75 Å². The number of nitrogens with one attached hydrogen (secondary N) is 1. The first-order valence-corrected chi connectivity index (χ1v) is 5.91. The Morgan fingerprint density at radius 2 is 2.06 bits per heavy atom. The van der Waals surface area contributed by atoms with Crippen molar-refractivity contribution in [2.24, 2.45) is 0 Å². The Morgan fingerprint density at radius 1 is 1.33 bits per heavy atom. The van der Waals surface area contributed by atoms with Crippen LogP contribution >= 0.6 is 0 Å². The Balaban J connectivity index is 1.68. The summed E-state index contributed by atoms with van der Waals surface area (Å²) in [7, 11) is 0. The largest absolute Gasteiger partial charge is 0.480 e. The van der Waals surface area contributed by atoms with E-state index in [9.17, 15) is 9.59 Å². The summed E-state index contributed by atoms with van der Waals surface area (Å²) in [5.41, 5.74) is -0.0623. The Morgan fingerprint density at radius 3 is 2.67 bits per heavy atom. The van der Waals surface area contributed by atoms with E-state index in [4.69, 9.17) is 9.84 Å². The van der Waals surface area contributed by atoms with Crippen LogP contribution in [0.25, 0.3) is 0 Å². The van der Waals surface area contributed by atoms with Crippen LogP contribution in [-0.4, -0.2) is 28.6 Å². The second-order valence-electron chi connectivity index (χ2n) is 4.79. The van der Waals surface area contributed by atoms with E-state index in [-0.39, 0.29) is 5.91 Å². The first-order valence-electron chi connectivity index (χ1n) is 5.91. The summed E-state index contributed by atoms with van der Waals surface area (Å²) in [6.07, 6.45) is 0.873. The molecule has 94 valence electrons. The monoisotopic (exact) mass is 247 g/mol. The predicted molar refractivity (Wildman–Crippen MR) is 62.3 cm³/mol. The third-order valence-corrected chi connectivity index (χ3v) is 3.46. The van der Waals surface area contributed by atoms with Gasteiger partial charge in [0.15, 0.2) is 6.10 Å². The van der Waals surface area contributed by atoms with Gasteiger partial charge < -0.3 is 15.2 Å². The maximum atomic E-state index is 12.0. The Hall–Kier alpha value is -2.04. The van der Waals surface area contributed by atoms with Crippen molar-refractivity contribution in [3.05, 3.63) is 29.8 Å². The standard InChI is InChI=1S/C13H13NO4/c15-11(14-13(5-6-13)12(16)17)10-7-8-3-1-2-4-9(8)18-10/h1-4,10H,5-7H2,(H,14,15)(H,16,17).